The first-order valence-electron chi connectivity index (χ1n) is 13.8. The number of cyclic esters (lactones) is 1. The minimum atomic E-state index is -5.02. The highest BCUT2D eigenvalue weighted by molar-refractivity contribution is 5.71. The van der Waals surface area contributed by atoms with E-state index in [0.717, 1.165) is 31.4 Å². The van der Waals surface area contributed by atoms with E-state index >= 15 is 0 Å². The summed E-state index contributed by atoms with van der Waals surface area (Å²) in [5, 5.41) is 9.08. The molecule has 0 bridgehead atoms. The number of alkyl halides is 6. The lowest BCUT2D eigenvalue weighted by Gasteiger charge is -2.34. The van der Waals surface area contributed by atoms with Gasteiger partial charge in [-0.15, -0.1) is 0 Å². The third-order valence-corrected chi connectivity index (χ3v) is 8.15. The number of aromatic nitrogens is 1. The molecule has 2 aliphatic rings. The number of pyridine rings is 1. The summed E-state index contributed by atoms with van der Waals surface area (Å²) in [6, 6.07) is 3.94. The minimum absolute atomic E-state index is 0.0425. The van der Waals surface area contributed by atoms with Crippen molar-refractivity contribution in [2.24, 2.45) is 11.8 Å². The molecule has 1 saturated carbocycles. The van der Waals surface area contributed by atoms with Crippen molar-refractivity contribution in [1.29, 1.82) is 0 Å². The van der Waals surface area contributed by atoms with Gasteiger partial charge >= 0.3 is 24.4 Å². The summed E-state index contributed by atoms with van der Waals surface area (Å²) in [7, 11) is 0. The zero-order chi connectivity index (χ0) is 30.8. The van der Waals surface area contributed by atoms with Crippen molar-refractivity contribution in [2.45, 2.75) is 77.0 Å². The van der Waals surface area contributed by atoms with E-state index in [4.69, 9.17) is 9.84 Å². The maximum Gasteiger partial charge on any atom is 0.416 e. The molecule has 1 N–H and O–H groups in total. The molecule has 2 atom stereocenters. The van der Waals surface area contributed by atoms with Crippen molar-refractivity contribution in [3.05, 3.63) is 58.9 Å². The second-order valence-corrected chi connectivity index (χ2v) is 11.0. The monoisotopic (exact) mass is 601 g/mol. The number of amides is 1. The molecule has 1 aliphatic carbocycles. The van der Waals surface area contributed by atoms with Crippen molar-refractivity contribution in [2.75, 3.05) is 18.0 Å². The van der Waals surface area contributed by atoms with Crippen molar-refractivity contribution >= 4 is 17.7 Å². The largest absolute Gasteiger partial charge is 0.481 e. The van der Waals surface area contributed by atoms with Gasteiger partial charge in [0.15, 0.2) is 0 Å². The van der Waals surface area contributed by atoms with Crippen LogP contribution in [0.15, 0.2) is 36.5 Å². The summed E-state index contributed by atoms with van der Waals surface area (Å²) in [5.41, 5.74) is -2.07. The predicted molar refractivity (Wildman–Crippen MR) is 140 cm³/mol. The van der Waals surface area contributed by atoms with E-state index in [1.807, 2.05) is 13.0 Å². The Bertz CT molecular complexity index is 1240. The number of nitrogens with zero attached hydrogens (tertiary/aromatic N) is 3. The molecule has 1 amide bonds. The van der Waals surface area contributed by atoms with Gasteiger partial charge in [-0.2, -0.15) is 26.3 Å². The molecule has 2 aromatic rings. The Labute approximate surface area is 239 Å². The summed E-state index contributed by atoms with van der Waals surface area (Å²) in [4.78, 5) is 31.8. The first-order valence-corrected chi connectivity index (χ1v) is 13.8. The Morgan fingerprint density at radius 2 is 1.64 bits per heavy atom. The van der Waals surface area contributed by atoms with E-state index in [2.05, 4.69) is 9.88 Å². The summed E-state index contributed by atoms with van der Waals surface area (Å²) in [6.45, 7) is 4.75. The van der Waals surface area contributed by atoms with Crippen LogP contribution < -0.4 is 4.90 Å². The normalized spacial score (nSPS) is 23.1. The standard InChI is InChI=1S/C29H33F6N3O4/c1-3-37(15-19-8-6-18(7-9-19)11-25(39)40)24-5-4-10-36-23(24)16-38-17(2)26(42-27(38)41)20-12-21(28(30,31)32)14-22(13-20)29(33,34)35/h4-5,10,12-14,17-19,26H,3,6-9,11,15-16H2,1-2H3,(H,39,40)/t17-,18?,19?,26-/m0/s1. The van der Waals surface area contributed by atoms with Crippen molar-refractivity contribution < 1.29 is 45.8 Å². The summed E-state index contributed by atoms with van der Waals surface area (Å²) < 4.78 is 85.9. The average molecular weight is 602 g/mol. The zero-order valence-corrected chi connectivity index (χ0v) is 23.2. The Hall–Kier alpha value is -3.51. The fourth-order valence-corrected chi connectivity index (χ4v) is 5.88. The quantitative estimate of drug-likeness (QED) is 0.304. The van der Waals surface area contributed by atoms with Gasteiger partial charge < -0.3 is 14.7 Å². The van der Waals surface area contributed by atoms with Crippen LogP contribution in [-0.4, -0.2) is 46.2 Å². The Morgan fingerprint density at radius 3 is 2.19 bits per heavy atom. The Morgan fingerprint density at radius 1 is 1.05 bits per heavy atom. The molecule has 0 spiro atoms. The van der Waals surface area contributed by atoms with Crippen molar-refractivity contribution in [3.63, 3.8) is 0 Å². The van der Waals surface area contributed by atoms with E-state index in [0.29, 0.717) is 36.8 Å². The van der Waals surface area contributed by atoms with Crippen LogP contribution in [0, 0.1) is 11.8 Å². The van der Waals surface area contributed by atoms with Crippen LogP contribution in [-0.2, 0) is 28.4 Å². The second-order valence-electron chi connectivity index (χ2n) is 11.0. The number of carbonyl (C=O) groups excluding carboxylic acids is 1. The lowest BCUT2D eigenvalue weighted by atomic mass is 9.80. The van der Waals surface area contributed by atoms with Crippen LogP contribution in [0.3, 0.4) is 0 Å². The summed E-state index contributed by atoms with van der Waals surface area (Å²) in [6.07, 6.45) is -7.11. The van der Waals surface area contributed by atoms with Gasteiger partial charge in [0, 0.05) is 25.7 Å². The van der Waals surface area contributed by atoms with Crippen LogP contribution in [0.5, 0.6) is 0 Å². The molecule has 13 heteroatoms. The first kappa shape index (κ1) is 31.4. The number of hydrogen-bond acceptors (Lipinski definition) is 5. The van der Waals surface area contributed by atoms with Crippen LogP contribution in [0.1, 0.15) is 74.4 Å². The summed E-state index contributed by atoms with van der Waals surface area (Å²) >= 11 is 0. The molecule has 1 aliphatic heterocycles. The van der Waals surface area contributed by atoms with Crippen LogP contribution in [0.25, 0.3) is 0 Å². The molecule has 2 heterocycles. The molecule has 1 aromatic carbocycles. The molecule has 7 nitrogen and oxygen atoms in total. The number of benzene rings is 1. The SMILES string of the molecule is CCN(CC1CCC(CC(=O)O)CC1)c1cccnc1CN1C(=O)O[C@H](c2cc(C(F)(F)F)cc(C(F)(F)F)c2)[C@@H]1C. The lowest BCUT2D eigenvalue weighted by molar-refractivity contribution is -0.143. The topological polar surface area (TPSA) is 83.0 Å². The maximum absolute atomic E-state index is 13.4. The molecular formula is C29H33F6N3O4. The van der Waals surface area contributed by atoms with Crippen molar-refractivity contribution in [1.82, 2.24) is 9.88 Å². The Balaban J connectivity index is 1.52. The number of halogens is 6. The number of ether oxygens (including phenoxy) is 1. The van der Waals surface area contributed by atoms with Crippen LogP contribution in [0.4, 0.5) is 36.8 Å². The van der Waals surface area contributed by atoms with E-state index in [1.54, 1.807) is 12.3 Å². The van der Waals surface area contributed by atoms with Gasteiger partial charge in [0.25, 0.3) is 0 Å². The van der Waals surface area contributed by atoms with E-state index in [1.165, 1.54) is 11.8 Å². The van der Waals surface area contributed by atoms with E-state index in [9.17, 15) is 35.9 Å². The molecule has 1 saturated heterocycles. The van der Waals surface area contributed by atoms with Crippen LogP contribution >= 0.6 is 0 Å². The lowest BCUT2D eigenvalue weighted by Crippen LogP contribution is -2.35. The third-order valence-electron chi connectivity index (χ3n) is 8.15. The highest BCUT2D eigenvalue weighted by Gasteiger charge is 2.43. The third kappa shape index (κ3) is 7.27. The van der Waals surface area contributed by atoms with Gasteiger partial charge in [-0.05, 0) is 87.3 Å². The Kier molecular flexibility index (Phi) is 9.27. The first-order chi connectivity index (χ1) is 19.7. The van der Waals surface area contributed by atoms with E-state index in [-0.39, 0.29) is 24.9 Å². The van der Waals surface area contributed by atoms with Gasteiger partial charge in [-0.1, -0.05) is 0 Å². The van der Waals surface area contributed by atoms with Gasteiger partial charge in [-0.25, -0.2) is 4.79 Å². The van der Waals surface area contributed by atoms with Gasteiger partial charge in [-0.3, -0.25) is 14.7 Å². The number of carbonyl (C=O) groups is 2. The molecule has 0 radical (unpaired) electrons. The highest BCUT2D eigenvalue weighted by atomic mass is 19.4. The van der Waals surface area contributed by atoms with E-state index < -0.39 is 53.3 Å². The van der Waals surface area contributed by atoms with Crippen LogP contribution in [0.2, 0.25) is 0 Å². The molecular weight excluding hydrogens is 568 g/mol. The fourth-order valence-electron chi connectivity index (χ4n) is 5.88. The second kappa shape index (κ2) is 12.4. The predicted octanol–water partition coefficient (Wildman–Crippen LogP) is 7.31. The molecule has 2 fully saturated rings. The number of carboxylic acid groups (broad SMARTS) is 1. The fraction of sp³-hybridized carbons (Fsp3) is 0.552. The molecule has 42 heavy (non-hydrogen) atoms. The molecule has 1 aromatic heterocycles. The maximum atomic E-state index is 13.4. The highest BCUT2D eigenvalue weighted by Crippen LogP contribution is 2.41. The molecule has 4 rings (SSSR count). The van der Waals surface area contributed by atoms with Gasteiger partial charge in [0.2, 0.25) is 0 Å². The number of anilines is 1. The minimum Gasteiger partial charge on any atom is -0.481 e. The van der Waals surface area contributed by atoms with Crippen molar-refractivity contribution in [3.8, 4) is 0 Å². The number of carboxylic acids is 1. The van der Waals surface area contributed by atoms with Gasteiger partial charge in [0.05, 0.1) is 35.1 Å². The smallest absolute Gasteiger partial charge is 0.416 e. The summed E-state index contributed by atoms with van der Waals surface area (Å²) in [5.74, 6) is -0.284. The molecule has 0 unspecified atom stereocenters. The number of rotatable bonds is 9. The van der Waals surface area contributed by atoms with Gasteiger partial charge in [0.1, 0.15) is 6.10 Å². The average Bonchev–Trinajstić information content (AvgIpc) is 3.20. The molecule has 230 valence electrons. The zero-order valence-electron chi connectivity index (χ0n) is 23.2. The number of hydrogen-bond donors (Lipinski definition) is 1. The number of aliphatic carboxylic acids is 1.